The Bertz CT molecular complexity index is 833. The number of nitrogens with one attached hydrogen (secondary N) is 1. The minimum atomic E-state index is -0.211. The molecular weight excluding hydrogens is 394 g/mol. The van der Waals surface area contributed by atoms with E-state index in [0.29, 0.717) is 12.4 Å². The number of carbonyl (C=O) groups excluding carboxylic acids is 1. The molecule has 0 fully saturated rings. The predicted molar refractivity (Wildman–Crippen MR) is 105 cm³/mol. The zero-order chi connectivity index (χ0) is 18.2. The van der Waals surface area contributed by atoms with Gasteiger partial charge in [-0.2, -0.15) is 0 Å². The molecule has 0 bridgehead atoms. The van der Waals surface area contributed by atoms with Crippen molar-refractivity contribution >= 4 is 27.5 Å². The van der Waals surface area contributed by atoms with Gasteiger partial charge in [0.25, 0.3) is 5.91 Å². The maximum atomic E-state index is 11.9. The molecule has 0 radical (unpaired) electrons. The minimum Gasteiger partial charge on any atom is -0.489 e. The molecule has 132 valence electrons. The number of benzene rings is 3. The summed E-state index contributed by atoms with van der Waals surface area (Å²) in [5.74, 6) is 1.15. The third-order valence-corrected chi connectivity index (χ3v) is 4.10. The molecule has 0 aliphatic carbocycles. The molecule has 0 heterocycles. The average molecular weight is 412 g/mol. The molecule has 0 atom stereocenters. The van der Waals surface area contributed by atoms with Crippen molar-refractivity contribution in [1.29, 1.82) is 0 Å². The summed E-state index contributed by atoms with van der Waals surface area (Å²) >= 11 is 3.36. The summed E-state index contributed by atoms with van der Waals surface area (Å²) in [4.78, 5) is 11.9. The summed E-state index contributed by atoms with van der Waals surface area (Å²) in [6.07, 6.45) is 0. The standard InChI is InChI=1S/C21H18BrNO3/c22-17-6-8-18(9-7-17)23-21(24)15-26-20-12-10-19(11-13-20)25-14-16-4-2-1-3-5-16/h1-13H,14-15H2,(H,23,24). The quantitative estimate of drug-likeness (QED) is 0.591. The molecule has 5 heteroatoms. The smallest absolute Gasteiger partial charge is 0.262 e. The van der Waals surface area contributed by atoms with Crippen molar-refractivity contribution in [2.45, 2.75) is 6.61 Å². The Kier molecular flexibility index (Phi) is 6.28. The van der Waals surface area contributed by atoms with Crippen molar-refractivity contribution in [3.05, 3.63) is 88.9 Å². The largest absolute Gasteiger partial charge is 0.489 e. The Morgan fingerprint density at radius 1 is 0.808 bits per heavy atom. The van der Waals surface area contributed by atoms with E-state index in [2.05, 4.69) is 21.2 Å². The molecule has 0 saturated heterocycles. The van der Waals surface area contributed by atoms with Crippen molar-refractivity contribution in [3.8, 4) is 11.5 Å². The normalized spacial score (nSPS) is 10.2. The van der Waals surface area contributed by atoms with Gasteiger partial charge < -0.3 is 14.8 Å². The van der Waals surface area contributed by atoms with Gasteiger partial charge in [0.2, 0.25) is 0 Å². The lowest BCUT2D eigenvalue weighted by Gasteiger charge is -2.09. The first kappa shape index (κ1) is 18.0. The lowest BCUT2D eigenvalue weighted by molar-refractivity contribution is -0.118. The minimum absolute atomic E-state index is 0.0553. The lowest BCUT2D eigenvalue weighted by atomic mass is 10.2. The van der Waals surface area contributed by atoms with Crippen molar-refractivity contribution in [3.63, 3.8) is 0 Å². The Morgan fingerprint density at radius 2 is 1.42 bits per heavy atom. The molecule has 0 aliphatic heterocycles. The van der Waals surface area contributed by atoms with Crippen LogP contribution in [-0.2, 0) is 11.4 Å². The fourth-order valence-electron chi connectivity index (χ4n) is 2.25. The monoisotopic (exact) mass is 411 g/mol. The van der Waals surface area contributed by atoms with Gasteiger partial charge in [0, 0.05) is 10.2 Å². The van der Waals surface area contributed by atoms with Gasteiger partial charge in [-0.05, 0) is 54.1 Å². The van der Waals surface area contributed by atoms with Crippen LogP contribution in [-0.4, -0.2) is 12.5 Å². The van der Waals surface area contributed by atoms with Crippen LogP contribution in [0.5, 0.6) is 11.5 Å². The number of amides is 1. The fourth-order valence-corrected chi connectivity index (χ4v) is 2.52. The van der Waals surface area contributed by atoms with Crippen LogP contribution >= 0.6 is 15.9 Å². The first-order valence-corrected chi connectivity index (χ1v) is 8.93. The Morgan fingerprint density at radius 3 is 2.08 bits per heavy atom. The van der Waals surface area contributed by atoms with Crippen LogP contribution in [0.3, 0.4) is 0 Å². The molecule has 0 saturated carbocycles. The number of halogens is 1. The van der Waals surface area contributed by atoms with Crippen LogP contribution in [0.25, 0.3) is 0 Å². The van der Waals surface area contributed by atoms with Crippen LogP contribution in [0.4, 0.5) is 5.69 Å². The number of carbonyl (C=O) groups is 1. The molecule has 1 amide bonds. The second-order valence-corrected chi connectivity index (χ2v) is 6.51. The van der Waals surface area contributed by atoms with Gasteiger partial charge in [0.1, 0.15) is 18.1 Å². The first-order chi connectivity index (χ1) is 12.7. The van der Waals surface area contributed by atoms with Crippen molar-refractivity contribution in [1.82, 2.24) is 0 Å². The van der Waals surface area contributed by atoms with E-state index in [9.17, 15) is 4.79 Å². The molecule has 0 spiro atoms. The predicted octanol–water partition coefficient (Wildman–Crippen LogP) is 5.05. The van der Waals surface area contributed by atoms with E-state index in [1.165, 1.54) is 0 Å². The van der Waals surface area contributed by atoms with E-state index in [1.54, 1.807) is 12.1 Å². The maximum absolute atomic E-state index is 11.9. The second kappa shape index (κ2) is 9.06. The van der Waals surface area contributed by atoms with Crippen molar-refractivity contribution < 1.29 is 14.3 Å². The Labute approximate surface area is 160 Å². The van der Waals surface area contributed by atoms with Gasteiger partial charge in [-0.1, -0.05) is 46.3 Å². The zero-order valence-corrected chi connectivity index (χ0v) is 15.6. The fraction of sp³-hybridized carbons (Fsp3) is 0.0952. The summed E-state index contributed by atoms with van der Waals surface area (Å²) in [7, 11) is 0. The average Bonchev–Trinajstić information content (AvgIpc) is 2.68. The summed E-state index contributed by atoms with van der Waals surface area (Å²) in [6.45, 7) is 0.455. The zero-order valence-electron chi connectivity index (χ0n) is 14.0. The molecule has 3 rings (SSSR count). The topological polar surface area (TPSA) is 47.6 Å². The van der Waals surface area contributed by atoms with Crippen LogP contribution in [0.1, 0.15) is 5.56 Å². The Hall–Kier alpha value is -2.79. The molecule has 4 nitrogen and oxygen atoms in total. The second-order valence-electron chi connectivity index (χ2n) is 5.59. The highest BCUT2D eigenvalue weighted by Crippen LogP contribution is 2.19. The molecule has 3 aromatic rings. The summed E-state index contributed by atoms with van der Waals surface area (Å²) in [5, 5.41) is 2.78. The van der Waals surface area contributed by atoms with Gasteiger partial charge >= 0.3 is 0 Å². The summed E-state index contributed by atoms with van der Waals surface area (Å²) in [5.41, 5.74) is 1.84. The van der Waals surface area contributed by atoms with Gasteiger partial charge in [-0.25, -0.2) is 0 Å². The number of hydrogen-bond acceptors (Lipinski definition) is 3. The molecule has 26 heavy (non-hydrogen) atoms. The van der Waals surface area contributed by atoms with E-state index < -0.39 is 0 Å². The van der Waals surface area contributed by atoms with Gasteiger partial charge in [-0.3, -0.25) is 4.79 Å². The van der Waals surface area contributed by atoms with Crippen molar-refractivity contribution in [2.75, 3.05) is 11.9 Å². The molecule has 0 aliphatic rings. The third-order valence-electron chi connectivity index (χ3n) is 3.57. The van der Waals surface area contributed by atoms with Crippen LogP contribution in [0.2, 0.25) is 0 Å². The number of rotatable bonds is 7. The van der Waals surface area contributed by atoms with Crippen molar-refractivity contribution in [2.24, 2.45) is 0 Å². The Balaban J connectivity index is 1.45. The molecule has 1 N–H and O–H groups in total. The van der Waals surface area contributed by atoms with E-state index >= 15 is 0 Å². The summed E-state index contributed by atoms with van der Waals surface area (Å²) < 4.78 is 12.2. The number of hydrogen-bond donors (Lipinski definition) is 1. The highest BCUT2D eigenvalue weighted by atomic mass is 79.9. The van der Waals surface area contributed by atoms with E-state index in [0.717, 1.165) is 21.5 Å². The SMILES string of the molecule is O=C(COc1ccc(OCc2ccccc2)cc1)Nc1ccc(Br)cc1. The van der Waals surface area contributed by atoms with E-state index in [1.807, 2.05) is 66.7 Å². The maximum Gasteiger partial charge on any atom is 0.262 e. The van der Waals surface area contributed by atoms with Crippen LogP contribution in [0.15, 0.2) is 83.3 Å². The molecule has 3 aromatic carbocycles. The highest BCUT2D eigenvalue weighted by molar-refractivity contribution is 9.10. The lowest BCUT2D eigenvalue weighted by Crippen LogP contribution is -2.20. The highest BCUT2D eigenvalue weighted by Gasteiger charge is 2.04. The van der Waals surface area contributed by atoms with Crippen LogP contribution in [0, 0.1) is 0 Å². The third kappa shape index (κ3) is 5.63. The molecule has 0 unspecified atom stereocenters. The van der Waals surface area contributed by atoms with Gasteiger partial charge in [0.15, 0.2) is 6.61 Å². The van der Waals surface area contributed by atoms with Gasteiger partial charge in [-0.15, -0.1) is 0 Å². The van der Waals surface area contributed by atoms with E-state index in [4.69, 9.17) is 9.47 Å². The first-order valence-electron chi connectivity index (χ1n) is 8.14. The van der Waals surface area contributed by atoms with E-state index in [-0.39, 0.29) is 12.5 Å². The number of anilines is 1. The van der Waals surface area contributed by atoms with Gasteiger partial charge in [0.05, 0.1) is 0 Å². The summed E-state index contributed by atoms with van der Waals surface area (Å²) in [6, 6.07) is 24.6. The number of ether oxygens (including phenoxy) is 2. The van der Waals surface area contributed by atoms with Crippen LogP contribution < -0.4 is 14.8 Å². The molecular formula is C21H18BrNO3. The molecule has 0 aromatic heterocycles.